The molecule has 0 heterocycles. The van der Waals surface area contributed by atoms with Crippen LogP contribution in [0.4, 0.5) is 0 Å². The number of carbonyl (C=O) groups is 1. The number of allylic oxidation sites excluding steroid dienone is 1. The summed E-state index contributed by atoms with van der Waals surface area (Å²) in [7, 11) is 0. The molecule has 0 spiro atoms. The molecule has 0 bridgehead atoms. The van der Waals surface area contributed by atoms with E-state index in [1.807, 2.05) is 48.5 Å². The average Bonchev–Trinajstić information content (AvgIpc) is 2.93. The van der Waals surface area contributed by atoms with Gasteiger partial charge in [-0.15, -0.1) is 0 Å². The van der Waals surface area contributed by atoms with E-state index in [2.05, 4.69) is 6.92 Å². The maximum atomic E-state index is 13.7. The lowest BCUT2D eigenvalue weighted by Crippen LogP contribution is -2.34. The number of aliphatic hydroxyl groups excluding tert-OH is 1. The quantitative estimate of drug-likeness (QED) is 0.159. The Labute approximate surface area is 213 Å². The molecule has 6 heteroatoms. The number of amides is 1. The number of rotatable bonds is 13. The van der Waals surface area contributed by atoms with Crippen molar-refractivity contribution in [3.63, 3.8) is 0 Å². The van der Waals surface area contributed by atoms with Crippen LogP contribution >= 0.6 is 0 Å². The fourth-order valence-electron chi connectivity index (χ4n) is 3.95. The van der Waals surface area contributed by atoms with Gasteiger partial charge in [0, 0.05) is 35.7 Å². The van der Waals surface area contributed by atoms with Crippen LogP contribution in [-0.2, 0) is 6.54 Å². The van der Waals surface area contributed by atoms with Crippen molar-refractivity contribution in [1.29, 1.82) is 5.41 Å². The summed E-state index contributed by atoms with van der Waals surface area (Å²) < 4.78 is 6.02. The third-order valence-electron chi connectivity index (χ3n) is 6.00. The van der Waals surface area contributed by atoms with E-state index in [0.29, 0.717) is 29.1 Å². The first-order valence-electron chi connectivity index (χ1n) is 12.4. The molecule has 0 aromatic heterocycles. The van der Waals surface area contributed by atoms with Crippen molar-refractivity contribution in [2.75, 3.05) is 6.61 Å². The standard InChI is InChI=1S/C30H35N3O3/c1-2-3-4-10-19-36-28-14-9-8-13-27(28)30(35)33(22-23-11-6-5-7-12-23)29(34)25-17-15-24(16-18-25)26(20-31)21-32/h5-9,11-18,20-21,30-31,35H,2-4,10,19,22,32H2,1H3. The van der Waals surface area contributed by atoms with Gasteiger partial charge >= 0.3 is 0 Å². The van der Waals surface area contributed by atoms with Gasteiger partial charge in [0.1, 0.15) is 5.75 Å². The van der Waals surface area contributed by atoms with Gasteiger partial charge in [0.25, 0.3) is 5.91 Å². The molecule has 188 valence electrons. The first-order valence-corrected chi connectivity index (χ1v) is 12.4. The number of aliphatic hydroxyl groups is 1. The van der Waals surface area contributed by atoms with Crippen LogP contribution < -0.4 is 10.5 Å². The van der Waals surface area contributed by atoms with Gasteiger partial charge in [0.15, 0.2) is 6.23 Å². The van der Waals surface area contributed by atoms with Crippen LogP contribution in [0.5, 0.6) is 5.75 Å². The number of hydrogen-bond donors (Lipinski definition) is 3. The third-order valence-corrected chi connectivity index (χ3v) is 6.00. The summed E-state index contributed by atoms with van der Waals surface area (Å²) in [6, 6.07) is 23.8. The zero-order valence-corrected chi connectivity index (χ0v) is 20.8. The second-order valence-electron chi connectivity index (χ2n) is 8.58. The number of unbranched alkanes of at least 4 members (excludes halogenated alkanes) is 3. The Bertz CT molecular complexity index is 1140. The van der Waals surface area contributed by atoms with Gasteiger partial charge in [-0.3, -0.25) is 4.79 Å². The lowest BCUT2D eigenvalue weighted by atomic mass is 10.0. The minimum Gasteiger partial charge on any atom is -0.493 e. The van der Waals surface area contributed by atoms with E-state index < -0.39 is 6.23 Å². The molecule has 3 rings (SSSR count). The second kappa shape index (κ2) is 13.9. The minimum atomic E-state index is -1.20. The summed E-state index contributed by atoms with van der Waals surface area (Å²) in [6.07, 6.45) is 5.66. The van der Waals surface area contributed by atoms with Crippen LogP contribution in [0.15, 0.2) is 85.1 Å². The van der Waals surface area contributed by atoms with Gasteiger partial charge in [-0.05, 0) is 35.7 Å². The summed E-state index contributed by atoms with van der Waals surface area (Å²) in [6.45, 7) is 2.95. The van der Waals surface area contributed by atoms with Crippen LogP contribution in [-0.4, -0.2) is 28.7 Å². The van der Waals surface area contributed by atoms with Gasteiger partial charge in [-0.25, -0.2) is 0 Å². The highest BCUT2D eigenvalue weighted by atomic mass is 16.5. The van der Waals surface area contributed by atoms with Crippen molar-refractivity contribution in [2.45, 2.75) is 45.4 Å². The van der Waals surface area contributed by atoms with Crippen LogP contribution in [0.2, 0.25) is 0 Å². The van der Waals surface area contributed by atoms with Crippen LogP contribution in [0.25, 0.3) is 5.57 Å². The minimum absolute atomic E-state index is 0.224. The number of ether oxygens (including phenoxy) is 1. The zero-order valence-electron chi connectivity index (χ0n) is 20.8. The molecular formula is C30H35N3O3. The predicted molar refractivity (Wildman–Crippen MR) is 145 cm³/mol. The van der Waals surface area contributed by atoms with Crippen molar-refractivity contribution >= 4 is 17.7 Å². The van der Waals surface area contributed by atoms with Crippen LogP contribution in [0, 0.1) is 5.41 Å². The highest BCUT2D eigenvalue weighted by Gasteiger charge is 2.27. The molecule has 1 amide bonds. The average molecular weight is 486 g/mol. The van der Waals surface area contributed by atoms with Crippen molar-refractivity contribution in [3.05, 3.63) is 107 Å². The van der Waals surface area contributed by atoms with Crippen LogP contribution in [0.3, 0.4) is 0 Å². The number of hydrogen-bond acceptors (Lipinski definition) is 5. The monoisotopic (exact) mass is 485 g/mol. The van der Waals surface area contributed by atoms with Gasteiger partial charge in [-0.2, -0.15) is 0 Å². The number of benzene rings is 3. The molecule has 0 saturated heterocycles. The smallest absolute Gasteiger partial charge is 0.256 e. The van der Waals surface area contributed by atoms with Gasteiger partial charge < -0.3 is 25.9 Å². The summed E-state index contributed by atoms with van der Waals surface area (Å²) in [5.74, 6) is 0.259. The Hall–Kier alpha value is -3.90. The highest BCUT2D eigenvalue weighted by Crippen LogP contribution is 2.30. The molecule has 36 heavy (non-hydrogen) atoms. The molecule has 1 unspecified atom stereocenters. The molecule has 0 aliphatic heterocycles. The van der Waals surface area contributed by atoms with Crippen molar-refractivity contribution in [1.82, 2.24) is 4.90 Å². The summed E-state index contributed by atoms with van der Waals surface area (Å²) >= 11 is 0. The molecule has 0 aliphatic rings. The fourth-order valence-corrected chi connectivity index (χ4v) is 3.95. The molecule has 3 aromatic carbocycles. The fraction of sp³-hybridized carbons (Fsp3) is 0.267. The molecule has 1 atom stereocenters. The lowest BCUT2D eigenvalue weighted by Gasteiger charge is -2.30. The first kappa shape index (κ1) is 26.7. The number of nitrogens with zero attached hydrogens (tertiary/aromatic N) is 1. The molecule has 0 saturated carbocycles. The van der Waals surface area contributed by atoms with E-state index in [1.165, 1.54) is 17.3 Å². The van der Waals surface area contributed by atoms with E-state index in [-0.39, 0.29) is 12.5 Å². The van der Waals surface area contributed by atoms with Crippen molar-refractivity contribution in [3.8, 4) is 5.75 Å². The summed E-state index contributed by atoms with van der Waals surface area (Å²) in [4.78, 5) is 15.1. The number of carbonyl (C=O) groups excluding carboxylic acids is 1. The number of nitrogens with one attached hydrogen (secondary N) is 1. The SMILES string of the molecule is CCCCCCOc1ccccc1C(O)N(Cc1ccccc1)C(=O)c1ccc(C(C=N)=CN)cc1. The topological polar surface area (TPSA) is 99.6 Å². The predicted octanol–water partition coefficient (Wildman–Crippen LogP) is 5.93. The Kier molecular flexibility index (Phi) is 10.3. The second-order valence-corrected chi connectivity index (χ2v) is 8.58. The zero-order chi connectivity index (χ0) is 25.8. The molecule has 3 aromatic rings. The van der Waals surface area contributed by atoms with E-state index in [4.69, 9.17) is 15.9 Å². The molecule has 4 N–H and O–H groups in total. The Morgan fingerprint density at radius 2 is 1.64 bits per heavy atom. The lowest BCUT2D eigenvalue weighted by molar-refractivity contribution is 0.000922. The molecule has 0 fully saturated rings. The Balaban J connectivity index is 1.89. The number of para-hydroxylation sites is 1. The van der Waals surface area contributed by atoms with Gasteiger partial charge in [-0.1, -0.05) is 86.8 Å². The van der Waals surface area contributed by atoms with E-state index in [0.717, 1.165) is 36.8 Å². The summed E-state index contributed by atoms with van der Waals surface area (Å²) in [5, 5.41) is 19.0. The molecule has 6 nitrogen and oxygen atoms in total. The van der Waals surface area contributed by atoms with E-state index in [9.17, 15) is 9.90 Å². The number of nitrogens with two attached hydrogens (primary N) is 1. The Morgan fingerprint density at radius 3 is 2.31 bits per heavy atom. The molecule has 0 aliphatic carbocycles. The highest BCUT2D eigenvalue weighted by molar-refractivity contribution is 6.08. The van der Waals surface area contributed by atoms with Crippen LogP contribution in [0.1, 0.15) is 65.9 Å². The first-order chi connectivity index (χ1) is 17.6. The normalized spacial score (nSPS) is 12.1. The molecular weight excluding hydrogens is 450 g/mol. The van der Waals surface area contributed by atoms with Gasteiger partial charge in [0.2, 0.25) is 0 Å². The maximum absolute atomic E-state index is 13.7. The van der Waals surface area contributed by atoms with Gasteiger partial charge in [0.05, 0.1) is 6.61 Å². The Morgan fingerprint density at radius 1 is 0.972 bits per heavy atom. The molecule has 0 radical (unpaired) electrons. The summed E-state index contributed by atoms with van der Waals surface area (Å²) in [5.41, 5.74) is 8.75. The van der Waals surface area contributed by atoms with E-state index in [1.54, 1.807) is 30.3 Å². The maximum Gasteiger partial charge on any atom is 0.256 e. The largest absolute Gasteiger partial charge is 0.493 e. The van der Waals surface area contributed by atoms with Crippen molar-refractivity contribution in [2.24, 2.45) is 5.73 Å². The van der Waals surface area contributed by atoms with E-state index >= 15 is 0 Å². The van der Waals surface area contributed by atoms with Crippen molar-refractivity contribution < 1.29 is 14.6 Å². The third kappa shape index (κ3) is 7.06.